The number of carbonyl (C=O) groups is 2. The van der Waals surface area contributed by atoms with Gasteiger partial charge in [-0.2, -0.15) is 0 Å². The summed E-state index contributed by atoms with van der Waals surface area (Å²) in [6, 6.07) is -0.176. The van der Waals surface area contributed by atoms with Crippen LogP contribution in [-0.4, -0.2) is 23.0 Å². The second-order valence-electron chi connectivity index (χ2n) is 3.78. The van der Waals surface area contributed by atoms with Gasteiger partial charge in [-0.3, -0.25) is 9.59 Å². The van der Waals surface area contributed by atoms with Gasteiger partial charge in [-0.15, -0.1) is 0 Å². The van der Waals surface area contributed by atoms with E-state index in [0.29, 0.717) is 11.8 Å². The number of carbonyl (C=O) groups excluding carboxylic acids is 1. The molecule has 2 unspecified atom stereocenters. The van der Waals surface area contributed by atoms with Crippen LogP contribution in [0.15, 0.2) is 0 Å². The summed E-state index contributed by atoms with van der Waals surface area (Å²) in [6.45, 7) is 3.49. The van der Waals surface area contributed by atoms with Crippen LogP contribution in [0.2, 0.25) is 0 Å². The van der Waals surface area contributed by atoms with Gasteiger partial charge >= 0.3 is 5.97 Å². The fourth-order valence-electron chi connectivity index (χ4n) is 1.67. The van der Waals surface area contributed by atoms with Crippen molar-refractivity contribution in [2.45, 2.75) is 32.7 Å². The molecular weight excluding hydrogens is 170 g/mol. The average Bonchev–Trinajstić information content (AvgIpc) is 2.63. The van der Waals surface area contributed by atoms with Gasteiger partial charge in [-0.05, 0) is 18.3 Å². The minimum Gasteiger partial charge on any atom is -0.481 e. The maximum atomic E-state index is 10.8. The first-order valence-electron chi connectivity index (χ1n) is 4.49. The molecule has 0 aromatic carbocycles. The third-order valence-corrected chi connectivity index (χ3v) is 2.47. The zero-order valence-electron chi connectivity index (χ0n) is 7.91. The Morgan fingerprint density at radius 3 is 2.46 bits per heavy atom. The Labute approximate surface area is 77.3 Å². The molecule has 1 aliphatic carbocycles. The number of carboxylic acids is 1. The first-order chi connectivity index (χ1) is 6.00. The molecule has 1 amide bonds. The maximum Gasteiger partial charge on any atom is 0.305 e. The summed E-state index contributed by atoms with van der Waals surface area (Å²) in [5.41, 5.74) is 0. The molecule has 0 aliphatic heterocycles. The summed E-state index contributed by atoms with van der Waals surface area (Å²) >= 11 is 0. The van der Waals surface area contributed by atoms with Gasteiger partial charge in [0.25, 0.3) is 0 Å². The van der Waals surface area contributed by atoms with Gasteiger partial charge in [0.15, 0.2) is 0 Å². The molecule has 0 saturated heterocycles. The number of rotatable bonds is 4. The van der Waals surface area contributed by atoms with Crippen LogP contribution in [0.1, 0.15) is 26.7 Å². The number of hydrogen-bond donors (Lipinski definition) is 2. The standard InChI is InChI=1S/C9H15NO3/c1-5-3-7(5)8(4-9(12)13)10-6(2)11/h5,7-8H,3-4H2,1-2H3,(H,10,11)(H,12,13)/t5?,7?,8-/m1/s1. The van der Waals surface area contributed by atoms with E-state index < -0.39 is 5.97 Å². The van der Waals surface area contributed by atoms with Crippen molar-refractivity contribution < 1.29 is 14.7 Å². The molecule has 74 valence electrons. The molecule has 0 spiro atoms. The van der Waals surface area contributed by atoms with E-state index in [1.54, 1.807) is 0 Å². The molecule has 0 radical (unpaired) electrons. The molecule has 3 atom stereocenters. The number of nitrogens with one attached hydrogen (secondary N) is 1. The van der Waals surface area contributed by atoms with Gasteiger partial charge in [0.05, 0.1) is 6.42 Å². The minimum absolute atomic E-state index is 0.0363. The second-order valence-corrected chi connectivity index (χ2v) is 3.78. The quantitative estimate of drug-likeness (QED) is 0.674. The molecule has 4 heteroatoms. The topological polar surface area (TPSA) is 66.4 Å². The molecule has 1 aliphatic rings. The lowest BCUT2D eigenvalue weighted by Crippen LogP contribution is -2.37. The van der Waals surface area contributed by atoms with Crippen LogP contribution in [0.3, 0.4) is 0 Å². The van der Waals surface area contributed by atoms with Crippen molar-refractivity contribution in [3.8, 4) is 0 Å². The molecule has 1 saturated carbocycles. The van der Waals surface area contributed by atoms with Gasteiger partial charge in [-0.1, -0.05) is 6.92 Å². The fourth-order valence-corrected chi connectivity index (χ4v) is 1.67. The Morgan fingerprint density at radius 2 is 2.15 bits per heavy atom. The van der Waals surface area contributed by atoms with E-state index in [1.165, 1.54) is 6.92 Å². The van der Waals surface area contributed by atoms with E-state index in [1.807, 2.05) is 0 Å². The van der Waals surface area contributed by atoms with Crippen LogP contribution in [0, 0.1) is 11.8 Å². The van der Waals surface area contributed by atoms with Crippen LogP contribution >= 0.6 is 0 Å². The van der Waals surface area contributed by atoms with Crippen molar-refractivity contribution in [2.75, 3.05) is 0 Å². The Kier molecular flexibility index (Phi) is 2.90. The lowest BCUT2D eigenvalue weighted by Gasteiger charge is -2.14. The SMILES string of the molecule is CC(=O)N[C@H](CC(=O)O)C1CC1C. The largest absolute Gasteiger partial charge is 0.481 e. The van der Waals surface area contributed by atoms with Crippen molar-refractivity contribution in [1.29, 1.82) is 0 Å². The molecule has 1 fully saturated rings. The van der Waals surface area contributed by atoms with Gasteiger partial charge < -0.3 is 10.4 Å². The van der Waals surface area contributed by atoms with Crippen LogP contribution in [0.4, 0.5) is 0 Å². The Bertz CT molecular complexity index is 211. The zero-order valence-corrected chi connectivity index (χ0v) is 7.91. The van der Waals surface area contributed by atoms with E-state index >= 15 is 0 Å². The van der Waals surface area contributed by atoms with Crippen molar-refractivity contribution in [2.24, 2.45) is 11.8 Å². The summed E-state index contributed by atoms with van der Waals surface area (Å²) in [4.78, 5) is 21.2. The van der Waals surface area contributed by atoms with E-state index in [-0.39, 0.29) is 18.4 Å². The van der Waals surface area contributed by atoms with E-state index in [0.717, 1.165) is 6.42 Å². The molecule has 1 rings (SSSR count). The maximum absolute atomic E-state index is 10.8. The molecule has 0 heterocycles. The van der Waals surface area contributed by atoms with Crippen LogP contribution < -0.4 is 5.32 Å². The van der Waals surface area contributed by atoms with E-state index in [4.69, 9.17) is 5.11 Å². The Hall–Kier alpha value is -1.06. The van der Waals surface area contributed by atoms with Crippen LogP contribution in [0.25, 0.3) is 0 Å². The summed E-state index contributed by atoms with van der Waals surface area (Å²) in [7, 11) is 0. The van der Waals surface area contributed by atoms with Crippen LogP contribution in [-0.2, 0) is 9.59 Å². The van der Waals surface area contributed by atoms with Crippen LogP contribution in [0.5, 0.6) is 0 Å². The fraction of sp³-hybridized carbons (Fsp3) is 0.778. The smallest absolute Gasteiger partial charge is 0.305 e. The van der Waals surface area contributed by atoms with Crippen molar-refractivity contribution in [3.05, 3.63) is 0 Å². The normalized spacial score (nSPS) is 27.8. The van der Waals surface area contributed by atoms with E-state index in [2.05, 4.69) is 12.2 Å². The molecule has 2 N–H and O–H groups in total. The van der Waals surface area contributed by atoms with Gasteiger partial charge in [0, 0.05) is 13.0 Å². The number of aliphatic carboxylic acids is 1. The Balaban J connectivity index is 2.44. The average molecular weight is 185 g/mol. The highest BCUT2D eigenvalue weighted by Crippen LogP contribution is 2.41. The first kappa shape index (κ1) is 10.0. The van der Waals surface area contributed by atoms with Gasteiger partial charge in [-0.25, -0.2) is 0 Å². The number of amides is 1. The third kappa shape index (κ3) is 3.05. The molecule has 4 nitrogen and oxygen atoms in total. The predicted molar refractivity (Wildman–Crippen MR) is 47.1 cm³/mol. The van der Waals surface area contributed by atoms with Crippen molar-refractivity contribution >= 4 is 11.9 Å². The third-order valence-electron chi connectivity index (χ3n) is 2.47. The minimum atomic E-state index is -0.849. The molecule has 0 aromatic rings. The highest BCUT2D eigenvalue weighted by molar-refractivity contribution is 5.75. The van der Waals surface area contributed by atoms with Gasteiger partial charge in [0.1, 0.15) is 0 Å². The number of carboxylic acid groups (broad SMARTS) is 1. The van der Waals surface area contributed by atoms with Crippen molar-refractivity contribution in [1.82, 2.24) is 5.32 Å². The number of hydrogen-bond acceptors (Lipinski definition) is 2. The lowest BCUT2D eigenvalue weighted by atomic mass is 10.1. The lowest BCUT2D eigenvalue weighted by molar-refractivity contribution is -0.137. The van der Waals surface area contributed by atoms with E-state index in [9.17, 15) is 9.59 Å². The highest BCUT2D eigenvalue weighted by Gasteiger charge is 2.40. The summed E-state index contributed by atoms with van der Waals surface area (Å²) in [5.74, 6) is -0.0839. The monoisotopic (exact) mass is 185 g/mol. The molecule has 0 aromatic heterocycles. The summed E-state index contributed by atoms with van der Waals surface area (Å²) in [6.07, 6.45) is 1.06. The van der Waals surface area contributed by atoms with Crippen molar-refractivity contribution in [3.63, 3.8) is 0 Å². The second kappa shape index (κ2) is 3.77. The van der Waals surface area contributed by atoms with Gasteiger partial charge in [0.2, 0.25) is 5.91 Å². The predicted octanol–water partition coefficient (Wildman–Crippen LogP) is 0.622. The first-order valence-corrected chi connectivity index (χ1v) is 4.49. The highest BCUT2D eigenvalue weighted by atomic mass is 16.4. The molecular formula is C9H15NO3. The zero-order chi connectivity index (χ0) is 10.0. The summed E-state index contributed by atoms with van der Waals surface area (Å²) in [5, 5.41) is 11.3. The summed E-state index contributed by atoms with van der Waals surface area (Å²) < 4.78 is 0. The molecule has 0 bridgehead atoms. The Morgan fingerprint density at radius 1 is 1.62 bits per heavy atom. The molecule has 13 heavy (non-hydrogen) atoms.